The quantitative estimate of drug-likeness (QED) is 0.703. The van der Waals surface area contributed by atoms with Crippen molar-refractivity contribution in [2.45, 2.75) is 20.0 Å². The normalized spacial score (nSPS) is 11.7. The van der Waals surface area contributed by atoms with E-state index in [1.807, 2.05) is 32.0 Å². The molecule has 130 valence electrons. The Morgan fingerprint density at radius 3 is 2.52 bits per heavy atom. The first-order valence-corrected chi connectivity index (χ1v) is 8.10. The highest BCUT2D eigenvalue weighted by molar-refractivity contribution is 7.19. The smallest absolute Gasteiger partial charge is 0.320 e. The fraction of sp³-hybridized carbons (Fsp3) is 0.176. The van der Waals surface area contributed by atoms with Gasteiger partial charge in [-0.25, -0.2) is 0 Å². The van der Waals surface area contributed by atoms with Crippen molar-refractivity contribution in [1.82, 2.24) is 4.98 Å². The van der Waals surface area contributed by atoms with Gasteiger partial charge in [-0.15, -0.1) is 11.3 Å². The summed E-state index contributed by atoms with van der Waals surface area (Å²) < 4.78 is 38.8. The van der Waals surface area contributed by atoms with Gasteiger partial charge in [0.05, 0.1) is 5.69 Å². The second-order valence-corrected chi connectivity index (χ2v) is 6.86. The Bertz CT molecular complexity index is 1030. The van der Waals surface area contributed by atoms with Crippen LogP contribution >= 0.6 is 11.3 Å². The first kappa shape index (κ1) is 17.2. The van der Waals surface area contributed by atoms with Crippen LogP contribution in [-0.4, -0.2) is 10.9 Å². The molecule has 0 bridgehead atoms. The molecule has 0 spiro atoms. The van der Waals surface area contributed by atoms with Crippen molar-refractivity contribution < 1.29 is 18.0 Å². The van der Waals surface area contributed by atoms with Crippen LogP contribution in [0.15, 0.2) is 35.1 Å². The molecule has 2 N–H and O–H groups in total. The monoisotopic (exact) mass is 366 g/mol. The lowest BCUT2D eigenvalue weighted by Crippen LogP contribution is -2.25. The third kappa shape index (κ3) is 3.30. The first-order valence-electron chi connectivity index (χ1n) is 7.28. The Labute approximate surface area is 144 Å². The Morgan fingerprint density at radius 1 is 1.16 bits per heavy atom. The predicted molar refractivity (Wildman–Crippen MR) is 91.3 cm³/mol. The van der Waals surface area contributed by atoms with Crippen molar-refractivity contribution in [1.29, 1.82) is 0 Å². The largest absolute Gasteiger partial charge is 0.431 e. The van der Waals surface area contributed by atoms with E-state index in [2.05, 4.69) is 5.32 Å². The SMILES string of the molecule is Cc1ccc2sc(C)c(NC(=O)c3ccc(C(F)(F)F)[nH]c3=O)c2c1. The van der Waals surface area contributed by atoms with Crippen molar-refractivity contribution in [2.75, 3.05) is 5.32 Å². The van der Waals surface area contributed by atoms with Gasteiger partial charge < -0.3 is 10.3 Å². The van der Waals surface area contributed by atoms with E-state index >= 15 is 0 Å². The molecule has 0 radical (unpaired) electrons. The molecule has 0 aliphatic carbocycles. The Balaban J connectivity index is 1.97. The number of hydrogen-bond acceptors (Lipinski definition) is 3. The van der Waals surface area contributed by atoms with E-state index in [0.717, 1.165) is 26.6 Å². The molecule has 1 aromatic carbocycles. The number of H-pyrrole nitrogens is 1. The number of halogens is 3. The zero-order chi connectivity index (χ0) is 18.4. The van der Waals surface area contributed by atoms with Gasteiger partial charge in [-0.05, 0) is 38.1 Å². The van der Waals surface area contributed by atoms with E-state index in [1.54, 1.807) is 4.98 Å². The zero-order valence-corrected chi connectivity index (χ0v) is 14.1. The van der Waals surface area contributed by atoms with Crippen LogP contribution in [0.4, 0.5) is 18.9 Å². The average molecular weight is 366 g/mol. The van der Waals surface area contributed by atoms with Gasteiger partial charge in [0.15, 0.2) is 0 Å². The van der Waals surface area contributed by atoms with Crippen molar-refractivity contribution in [3.8, 4) is 0 Å². The summed E-state index contributed by atoms with van der Waals surface area (Å²) in [5.41, 5.74) is -1.08. The maximum absolute atomic E-state index is 12.6. The second-order valence-electron chi connectivity index (χ2n) is 5.60. The Kier molecular flexibility index (Phi) is 4.16. The van der Waals surface area contributed by atoms with Crippen molar-refractivity contribution in [3.05, 3.63) is 62.4 Å². The van der Waals surface area contributed by atoms with E-state index in [-0.39, 0.29) is 5.56 Å². The van der Waals surface area contributed by atoms with Gasteiger partial charge in [0.1, 0.15) is 11.3 Å². The number of fused-ring (bicyclic) bond motifs is 1. The van der Waals surface area contributed by atoms with Crippen LogP contribution in [0.3, 0.4) is 0 Å². The summed E-state index contributed by atoms with van der Waals surface area (Å²) in [4.78, 5) is 26.8. The highest BCUT2D eigenvalue weighted by atomic mass is 32.1. The molecule has 3 aromatic rings. The molecule has 0 unspecified atom stereocenters. The van der Waals surface area contributed by atoms with Crippen LogP contribution in [0.25, 0.3) is 10.1 Å². The molecule has 0 saturated heterocycles. The molecule has 8 heteroatoms. The summed E-state index contributed by atoms with van der Waals surface area (Å²) >= 11 is 1.49. The number of thiophene rings is 1. The molecule has 3 rings (SSSR count). The number of carbonyl (C=O) groups excluding carboxylic acids is 1. The lowest BCUT2D eigenvalue weighted by atomic mass is 10.1. The maximum Gasteiger partial charge on any atom is 0.431 e. The number of anilines is 1. The third-order valence-electron chi connectivity index (χ3n) is 3.72. The van der Waals surface area contributed by atoms with E-state index in [4.69, 9.17) is 0 Å². The highest BCUT2D eigenvalue weighted by Gasteiger charge is 2.32. The van der Waals surface area contributed by atoms with Crippen LogP contribution in [0.2, 0.25) is 0 Å². The van der Waals surface area contributed by atoms with E-state index in [1.165, 1.54) is 11.3 Å². The predicted octanol–water partition coefficient (Wildman–Crippen LogP) is 4.48. The van der Waals surface area contributed by atoms with Crippen LogP contribution in [-0.2, 0) is 6.18 Å². The number of aromatic amines is 1. The molecule has 0 aliphatic rings. The lowest BCUT2D eigenvalue weighted by Gasteiger charge is -2.08. The van der Waals surface area contributed by atoms with Gasteiger partial charge in [-0.3, -0.25) is 9.59 Å². The number of carbonyl (C=O) groups is 1. The average Bonchev–Trinajstić information content (AvgIpc) is 2.82. The number of amides is 1. The summed E-state index contributed by atoms with van der Waals surface area (Å²) in [6, 6.07) is 7.35. The van der Waals surface area contributed by atoms with Crippen LogP contribution < -0.4 is 10.9 Å². The van der Waals surface area contributed by atoms with E-state index < -0.39 is 23.3 Å². The molecule has 0 saturated carbocycles. The number of nitrogens with one attached hydrogen (secondary N) is 2. The summed E-state index contributed by atoms with van der Waals surface area (Å²) in [5, 5.41) is 3.48. The van der Waals surface area contributed by atoms with E-state index in [0.29, 0.717) is 11.8 Å². The summed E-state index contributed by atoms with van der Waals surface area (Å²) in [7, 11) is 0. The minimum Gasteiger partial charge on any atom is -0.320 e. The number of hydrogen-bond donors (Lipinski definition) is 2. The van der Waals surface area contributed by atoms with E-state index in [9.17, 15) is 22.8 Å². The molecule has 2 heterocycles. The fourth-order valence-corrected chi connectivity index (χ4v) is 3.49. The van der Waals surface area contributed by atoms with Crippen molar-refractivity contribution >= 4 is 33.0 Å². The third-order valence-corrected chi connectivity index (χ3v) is 4.80. The summed E-state index contributed by atoms with van der Waals surface area (Å²) in [6.07, 6.45) is -4.67. The number of aromatic nitrogens is 1. The molecule has 0 fully saturated rings. The summed E-state index contributed by atoms with van der Waals surface area (Å²) in [5.74, 6) is -0.751. The van der Waals surface area contributed by atoms with Gasteiger partial charge in [0.25, 0.3) is 11.5 Å². The van der Waals surface area contributed by atoms with Gasteiger partial charge in [-0.1, -0.05) is 11.6 Å². The molecule has 25 heavy (non-hydrogen) atoms. The zero-order valence-electron chi connectivity index (χ0n) is 13.2. The second kappa shape index (κ2) is 6.03. The Hall–Kier alpha value is -2.61. The van der Waals surface area contributed by atoms with Crippen LogP contribution in [0, 0.1) is 13.8 Å². The minimum atomic E-state index is -4.67. The van der Waals surface area contributed by atoms with Gasteiger partial charge >= 0.3 is 6.18 Å². The van der Waals surface area contributed by atoms with Crippen LogP contribution in [0.1, 0.15) is 26.5 Å². The van der Waals surface area contributed by atoms with Gasteiger partial charge in [0.2, 0.25) is 0 Å². The number of aryl methyl sites for hydroxylation is 2. The number of alkyl halides is 3. The number of rotatable bonds is 2. The molecule has 2 aromatic heterocycles. The maximum atomic E-state index is 12.6. The van der Waals surface area contributed by atoms with Gasteiger partial charge in [0, 0.05) is 15.0 Å². The summed E-state index contributed by atoms with van der Waals surface area (Å²) in [6.45, 7) is 3.74. The number of benzene rings is 1. The van der Waals surface area contributed by atoms with Gasteiger partial charge in [-0.2, -0.15) is 13.2 Å². The molecule has 0 aliphatic heterocycles. The topological polar surface area (TPSA) is 62.0 Å². The standard InChI is InChI=1S/C17H13F3N2O2S/c1-8-3-5-12-11(7-8)14(9(2)25-12)22-16(24)10-4-6-13(17(18,19)20)21-15(10)23/h3-7H,1-2H3,(H,21,23)(H,22,24). The molecular weight excluding hydrogens is 353 g/mol. The minimum absolute atomic E-state index is 0.376. The molecule has 4 nitrogen and oxygen atoms in total. The first-order chi connectivity index (χ1) is 11.7. The van der Waals surface area contributed by atoms with Crippen molar-refractivity contribution in [3.63, 3.8) is 0 Å². The molecular formula is C17H13F3N2O2S. The highest BCUT2D eigenvalue weighted by Crippen LogP contribution is 2.36. The molecule has 0 atom stereocenters. The Morgan fingerprint density at radius 2 is 1.88 bits per heavy atom. The fourth-order valence-electron chi connectivity index (χ4n) is 2.49. The van der Waals surface area contributed by atoms with Crippen LogP contribution in [0.5, 0.6) is 0 Å². The van der Waals surface area contributed by atoms with Crippen molar-refractivity contribution in [2.24, 2.45) is 0 Å². The lowest BCUT2D eigenvalue weighted by molar-refractivity contribution is -0.141. The number of pyridine rings is 1. The molecule has 1 amide bonds.